The normalized spacial score (nSPS) is 22.4. The summed E-state index contributed by atoms with van der Waals surface area (Å²) in [5.41, 5.74) is -1.34. The number of halogens is 2. The first-order valence-corrected chi connectivity index (χ1v) is 9.78. The van der Waals surface area contributed by atoms with E-state index in [1.807, 2.05) is 0 Å². The number of hydrogen-bond acceptors (Lipinski definition) is 4. The highest BCUT2D eigenvalue weighted by atomic mass is 35.5. The highest BCUT2D eigenvalue weighted by Crippen LogP contribution is 2.33. The maximum atomic E-state index is 13.3. The monoisotopic (exact) mass is 424 g/mol. The van der Waals surface area contributed by atoms with Crippen LogP contribution in [0.4, 0.5) is 14.0 Å². The quantitative estimate of drug-likeness (QED) is 0.645. The van der Waals surface area contributed by atoms with Crippen LogP contribution in [0, 0.1) is 5.82 Å². The van der Waals surface area contributed by atoms with Crippen molar-refractivity contribution >= 4 is 35.5 Å². The molecule has 29 heavy (non-hydrogen) atoms. The van der Waals surface area contributed by atoms with Crippen LogP contribution in [0.25, 0.3) is 0 Å². The molecule has 0 aromatic heterocycles. The van der Waals surface area contributed by atoms with Crippen molar-refractivity contribution in [1.82, 2.24) is 20.9 Å². The lowest BCUT2D eigenvalue weighted by Gasteiger charge is -2.23. The van der Waals surface area contributed by atoms with Gasteiger partial charge in [0.1, 0.15) is 17.9 Å². The molecule has 0 bridgehead atoms. The number of amides is 6. The van der Waals surface area contributed by atoms with Crippen LogP contribution in [-0.4, -0.2) is 41.4 Å². The Morgan fingerprint density at radius 2 is 1.97 bits per heavy atom. The molecule has 8 nitrogen and oxygen atoms in total. The standard InChI is InChI=1S/C19H22ClFN4O4/c1-19(13-8-7-11(21)9-14(13)20)16(27)25(18(29)24-19)10-15(26)23-17(28)22-12-5-3-2-4-6-12/h7-9,12H,2-6,10H2,1H3,(H,24,29)(H2,22,23,26,28). The summed E-state index contributed by atoms with van der Waals surface area (Å²) in [7, 11) is 0. The van der Waals surface area contributed by atoms with E-state index in [4.69, 9.17) is 11.6 Å². The van der Waals surface area contributed by atoms with Crippen molar-refractivity contribution in [3.63, 3.8) is 0 Å². The first-order chi connectivity index (χ1) is 13.7. The van der Waals surface area contributed by atoms with Crippen LogP contribution >= 0.6 is 11.6 Å². The van der Waals surface area contributed by atoms with Crippen LogP contribution in [0.3, 0.4) is 0 Å². The van der Waals surface area contributed by atoms with Crippen molar-refractivity contribution in [2.75, 3.05) is 6.54 Å². The van der Waals surface area contributed by atoms with Crippen molar-refractivity contribution < 1.29 is 23.6 Å². The van der Waals surface area contributed by atoms with Gasteiger partial charge < -0.3 is 10.6 Å². The molecule has 6 amide bonds. The molecule has 10 heteroatoms. The van der Waals surface area contributed by atoms with E-state index in [9.17, 15) is 23.6 Å². The number of nitrogens with one attached hydrogen (secondary N) is 3. The second kappa shape index (κ2) is 8.36. The first kappa shape index (κ1) is 21.0. The SMILES string of the molecule is CC1(c2ccc(F)cc2Cl)NC(=O)N(CC(=O)NC(=O)NC2CCCCC2)C1=O. The lowest BCUT2D eigenvalue weighted by molar-refractivity contribution is -0.134. The largest absolute Gasteiger partial charge is 0.335 e. The molecule has 2 fully saturated rings. The van der Waals surface area contributed by atoms with E-state index in [1.54, 1.807) is 0 Å². The Hall–Kier alpha value is -2.68. The van der Waals surface area contributed by atoms with Gasteiger partial charge in [-0.25, -0.2) is 14.0 Å². The average Bonchev–Trinajstić information content (AvgIpc) is 2.86. The number of hydrogen-bond donors (Lipinski definition) is 3. The van der Waals surface area contributed by atoms with Gasteiger partial charge in [0.25, 0.3) is 5.91 Å². The van der Waals surface area contributed by atoms with Gasteiger partial charge in [-0.05, 0) is 31.9 Å². The summed E-state index contributed by atoms with van der Waals surface area (Å²) >= 11 is 6.03. The van der Waals surface area contributed by atoms with E-state index in [0.717, 1.165) is 44.2 Å². The highest BCUT2D eigenvalue weighted by Gasteiger charge is 2.50. The van der Waals surface area contributed by atoms with E-state index in [2.05, 4.69) is 16.0 Å². The zero-order chi connectivity index (χ0) is 21.2. The Bertz CT molecular complexity index is 859. The predicted molar refractivity (Wildman–Crippen MR) is 103 cm³/mol. The molecule has 1 aliphatic heterocycles. The Morgan fingerprint density at radius 1 is 1.28 bits per heavy atom. The zero-order valence-corrected chi connectivity index (χ0v) is 16.6. The number of imide groups is 2. The van der Waals surface area contributed by atoms with Gasteiger partial charge in [0.2, 0.25) is 5.91 Å². The summed E-state index contributed by atoms with van der Waals surface area (Å²) in [6.45, 7) is 0.789. The van der Waals surface area contributed by atoms with Crippen LogP contribution in [0.2, 0.25) is 5.02 Å². The minimum absolute atomic E-state index is 0.0113. The molecule has 1 aromatic carbocycles. The maximum absolute atomic E-state index is 13.3. The van der Waals surface area contributed by atoms with Gasteiger partial charge in [0.05, 0.1) is 0 Å². The van der Waals surface area contributed by atoms with E-state index in [0.29, 0.717) is 4.90 Å². The third-order valence-electron chi connectivity index (χ3n) is 5.24. The zero-order valence-electron chi connectivity index (χ0n) is 15.9. The average molecular weight is 425 g/mol. The molecule has 1 unspecified atom stereocenters. The molecule has 156 valence electrons. The summed E-state index contributed by atoms with van der Waals surface area (Å²) in [4.78, 5) is 50.0. The van der Waals surface area contributed by atoms with E-state index >= 15 is 0 Å². The van der Waals surface area contributed by atoms with Gasteiger partial charge in [0, 0.05) is 16.6 Å². The van der Waals surface area contributed by atoms with E-state index in [-0.39, 0.29) is 16.6 Å². The molecule has 1 heterocycles. The van der Waals surface area contributed by atoms with Gasteiger partial charge in [-0.3, -0.25) is 19.8 Å². The second-order valence-electron chi connectivity index (χ2n) is 7.43. The van der Waals surface area contributed by atoms with Crippen LogP contribution in [0.5, 0.6) is 0 Å². The smallest absolute Gasteiger partial charge is 0.325 e. The lowest BCUT2D eigenvalue weighted by atomic mass is 9.92. The summed E-state index contributed by atoms with van der Waals surface area (Å²) in [6, 6.07) is 2.01. The van der Waals surface area contributed by atoms with Gasteiger partial charge in [-0.1, -0.05) is 36.9 Å². The van der Waals surface area contributed by atoms with Crippen LogP contribution < -0.4 is 16.0 Å². The molecule has 1 saturated carbocycles. The molecule has 0 radical (unpaired) electrons. The predicted octanol–water partition coefficient (Wildman–Crippen LogP) is 2.40. The minimum atomic E-state index is -1.55. The third-order valence-corrected chi connectivity index (χ3v) is 5.55. The number of rotatable bonds is 4. The van der Waals surface area contributed by atoms with Gasteiger partial charge in [-0.2, -0.15) is 0 Å². The molecular formula is C19H22ClFN4O4. The highest BCUT2D eigenvalue weighted by molar-refractivity contribution is 6.32. The van der Waals surface area contributed by atoms with Crippen molar-refractivity contribution in [2.24, 2.45) is 0 Å². The van der Waals surface area contributed by atoms with Crippen molar-refractivity contribution in [3.8, 4) is 0 Å². The molecule has 3 N–H and O–H groups in total. The van der Waals surface area contributed by atoms with Gasteiger partial charge >= 0.3 is 12.1 Å². The van der Waals surface area contributed by atoms with Gasteiger partial charge in [-0.15, -0.1) is 0 Å². The molecule has 1 saturated heterocycles. The number of urea groups is 2. The molecule has 1 aromatic rings. The minimum Gasteiger partial charge on any atom is -0.335 e. The summed E-state index contributed by atoms with van der Waals surface area (Å²) < 4.78 is 13.3. The fraction of sp³-hybridized carbons (Fsp3) is 0.474. The fourth-order valence-corrected chi connectivity index (χ4v) is 4.05. The Labute approximate surface area is 172 Å². The number of carbonyl (C=O) groups excluding carboxylic acids is 4. The molecule has 1 aliphatic carbocycles. The lowest BCUT2D eigenvalue weighted by Crippen LogP contribution is -2.49. The Kier molecular flexibility index (Phi) is 6.07. The summed E-state index contributed by atoms with van der Waals surface area (Å²) in [5.74, 6) is -2.10. The maximum Gasteiger partial charge on any atom is 0.325 e. The third kappa shape index (κ3) is 4.50. The summed E-state index contributed by atoms with van der Waals surface area (Å²) in [5, 5.41) is 7.32. The molecule has 3 rings (SSSR count). The van der Waals surface area contributed by atoms with Crippen LogP contribution in [0.1, 0.15) is 44.6 Å². The van der Waals surface area contributed by atoms with Crippen molar-refractivity contribution in [3.05, 3.63) is 34.6 Å². The van der Waals surface area contributed by atoms with Crippen LogP contribution in [-0.2, 0) is 15.1 Å². The Morgan fingerprint density at radius 3 is 2.62 bits per heavy atom. The molecule has 1 atom stereocenters. The fourth-order valence-electron chi connectivity index (χ4n) is 3.70. The van der Waals surface area contributed by atoms with Gasteiger partial charge in [0.15, 0.2) is 0 Å². The number of carbonyl (C=O) groups is 4. The molecular weight excluding hydrogens is 403 g/mol. The second-order valence-corrected chi connectivity index (χ2v) is 7.83. The van der Waals surface area contributed by atoms with Crippen molar-refractivity contribution in [1.29, 1.82) is 0 Å². The Balaban J connectivity index is 1.63. The van der Waals surface area contributed by atoms with E-state index in [1.165, 1.54) is 13.0 Å². The number of benzene rings is 1. The van der Waals surface area contributed by atoms with Crippen molar-refractivity contribution in [2.45, 2.75) is 50.6 Å². The first-order valence-electron chi connectivity index (χ1n) is 9.40. The van der Waals surface area contributed by atoms with E-state index < -0.39 is 41.8 Å². The molecule has 2 aliphatic rings. The molecule has 0 spiro atoms. The number of nitrogens with zero attached hydrogens (tertiary/aromatic N) is 1. The summed E-state index contributed by atoms with van der Waals surface area (Å²) in [6.07, 6.45) is 4.87. The topological polar surface area (TPSA) is 108 Å². The van der Waals surface area contributed by atoms with Crippen LogP contribution in [0.15, 0.2) is 18.2 Å².